The van der Waals surface area contributed by atoms with Crippen LogP contribution in [0.1, 0.15) is 27.6 Å². The van der Waals surface area contributed by atoms with E-state index in [0.29, 0.717) is 11.1 Å². The van der Waals surface area contributed by atoms with E-state index in [9.17, 15) is 9.59 Å². The van der Waals surface area contributed by atoms with Crippen LogP contribution in [0.15, 0.2) is 36.9 Å². The van der Waals surface area contributed by atoms with Gasteiger partial charge in [-0.25, -0.2) is 0 Å². The molecule has 0 radical (unpaired) electrons. The highest BCUT2D eigenvalue weighted by molar-refractivity contribution is 6.20. The molecule has 1 aliphatic rings. The Labute approximate surface area is 93.1 Å². The van der Waals surface area contributed by atoms with Crippen LogP contribution in [-0.2, 0) is 4.84 Å². The van der Waals surface area contributed by atoms with Crippen molar-refractivity contribution in [3.63, 3.8) is 0 Å². The molecule has 0 spiro atoms. The van der Waals surface area contributed by atoms with E-state index in [1.807, 2.05) is 0 Å². The molecule has 1 aromatic rings. The first-order valence-electron chi connectivity index (χ1n) is 4.92. The van der Waals surface area contributed by atoms with Crippen LogP contribution in [0, 0.1) is 0 Å². The highest BCUT2D eigenvalue weighted by Crippen LogP contribution is 2.23. The van der Waals surface area contributed by atoms with Crippen molar-refractivity contribution < 1.29 is 14.4 Å². The van der Waals surface area contributed by atoms with E-state index >= 15 is 0 Å². The summed E-state index contributed by atoms with van der Waals surface area (Å²) >= 11 is 0. The first-order chi connectivity index (χ1) is 7.65. The molecule has 4 heteroatoms. The van der Waals surface area contributed by atoms with Crippen molar-refractivity contribution in [2.75, 3.05) is 0 Å². The Morgan fingerprint density at radius 1 is 1.25 bits per heavy atom. The molecule has 1 heterocycles. The second kappa shape index (κ2) is 3.90. The Morgan fingerprint density at radius 3 is 2.19 bits per heavy atom. The number of hydrogen-bond acceptors (Lipinski definition) is 3. The van der Waals surface area contributed by atoms with E-state index in [2.05, 4.69) is 6.58 Å². The summed E-state index contributed by atoms with van der Waals surface area (Å²) in [6.07, 6.45) is 1.13. The second-order valence-corrected chi connectivity index (χ2v) is 3.50. The molecule has 2 amide bonds. The highest BCUT2D eigenvalue weighted by atomic mass is 16.7. The molecule has 0 bridgehead atoms. The van der Waals surface area contributed by atoms with E-state index in [-0.39, 0.29) is 6.10 Å². The van der Waals surface area contributed by atoms with E-state index in [1.54, 1.807) is 31.2 Å². The summed E-state index contributed by atoms with van der Waals surface area (Å²) in [6, 6.07) is 6.64. The Hall–Kier alpha value is -1.94. The first-order valence-corrected chi connectivity index (χ1v) is 4.92. The van der Waals surface area contributed by atoms with E-state index in [1.165, 1.54) is 6.08 Å². The maximum absolute atomic E-state index is 11.8. The number of fused-ring (bicyclic) bond motifs is 1. The maximum atomic E-state index is 11.8. The third-order valence-corrected chi connectivity index (χ3v) is 2.36. The largest absolute Gasteiger partial charge is 0.285 e. The lowest BCUT2D eigenvalue weighted by Gasteiger charge is -2.16. The molecule has 4 nitrogen and oxygen atoms in total. The molecule has 0 aromatic heterocycles. The van der Waals surface area contributed by atoms with Crippen molar-refractivity contribution in [1.82, 2.24) is 5.06 Å². The Morgan fingerprint density at radius 2 is 1.75 bits per heavy atom. The van der Waals surface area contributed by atoms with Gasteiger partial charge in [0, 0.05) is 0 Å². The number of carbonyl (C=O) groups is 2. The van der Waals surface area contributed by atoms with Crippen LogP contribution in [0.3, 0.4) is 0 Å². The smallest absolute Gasteiger partial charge is 0.266 e. The molecule has 16 heavy (non-hydrogen) atoms. The molecular formula is C12H11NO3. The van der Waals surface area contributed by atoms with Gasteiger partial charge in [-0.2, -0.15) is 0 Å². The van der Waals surface area contributed by atoms with Crippen molar-refractivity contribution in [1.29, 1.82) is 0 Å². The average Bonchev–Trinajstić information content (AvgIpc) is 2.55. The van der Waals surface area contributed by atoms with E-state index in [4.69, 9.17) is 4.84 Å². The number of carbonyl (C=O) groups excluding carboxylic acids is 2. The van der Waals surface area contributed by atoms with Gasteiger partial charge in [-0.15, -0.1) is 11.6 Å². The number of rotatable bonds is 3. The molecule has 0 aliphatic carbocycles. The molecule has 0 saturated heterocycles. The summed E-state index contributed by atoms with van der Waals surface area (Å²) in [5, 5.41) is 0.789. The summed E-state index contributed by atoms with van der Waals surface area (Å²) in [7, 11) is 0. The van der Waals surface area contributed by atoms with Gasteiger partial charge < -0.3 is 0 Å². The SMILES string of the molecule is C=CC(C)ON1C(=O)c2ccccc2C1=O. The van der Waals surface area contributed by atoms with Gasteiger partial charge in [-0.3, -0.25) is 14.4 Å². The number of amides is 2. The first kappa shape index (κ1) is 10.6. The standard InChI is InChI=1S/C12H11NO3/c1-3-8(2)16-13-11(14)9-6-4-5-7-10(9)12(13)15/h3-8H,1H2,2H3. The molecule has 1 aliphatic heterocycles. The molecule has 1 atom stereocenters. The molecule has 82 valence electrons. The van der Waals surface area contributed by atoms with Crippen LogP contribution in [0.25, 0.3) is 0 Å². The molecule has 2 rings (SSSR count). The van der Waals surface area contributed by atoms with Gasteiger partial charge in [-0.1, -0.05) is 18.2 Å². The van der Waals surface area contributed by atoms with Gasteiger partial charge in [0.15, 0.2) is 0 Å². The fraction of sp³-hybridized carbons (Fsp3) is 0.167. The summed E-state index contributed by atoms with van der Waals surface area (Å²) in [6.45, 7) is 5.23. The van der Waals surface area contributed by atoms with Gasteiger partial charge in [0.1, 0.15) is 6.10 Å². The van der Waals surface area contributed by atoms with Crippen LogP contribution in [0.2, 0.25) is 0 Å². The third kappa shape index (κ3) is 1.53. The fourth-order valence-electron chi connectivity index (χ4n) is 1.47. The summed E-state index contributed by atoms with van der Waals surface area (Å²) in [5.41, 5.74) is 0.757. The van der Waals surface area contributed by atoms with Crippen LogP contribution in [0.5, 0.6) is 0 Å². The number of nitrogens with zero attached hydrogens (tertiary/aromatic N) is 1. The third-order valence-electron chi connectivity index (χ3n) is 2.36. The van der Waals surface area contributed by atoms with Crippen molar-refractivity contribution in [3.8, 4) is 0 Å². The zero-order valence-electron chi connectivity index (χ0n) is 8.84. The quantitative estimate of drug-likeness (QED) is 0.572. The maximum Gasteiger partial charge on any atom is 0.285 e. The predicted octanol–water partition coefficient (Wildman–Crippen LogP) is 1.79. The minimum Gasteiger partial charge on any atom is -0.266 e. The van der Waals surface area contributed by atoms with Crippen molar-refractivity contribution in [3.05, 3.63) is 48.0 Å². The average molecular weight is 217 g/mol. The second-order valence-electron chi connectivity index (χ2n) is 3.50. The predicted molar refractivity (Wildman–Crippen MR) is 57.7 cm³/mol. The molecular weight excluding hydrogens is 206 g/mol. The van der Waals surface area contributed by atoms with E-state index < -0.39 is 11.8 Å². The van der Waals surface area contributed by atoms with Crippen molar-refractivity contribution >= 4 is 11.8 Å². The van der Waals surface area contributed by atoms with Gasteiger partial charge in [-0.05, 0) is 19.1 Å². The van der Waals surface area contributed by atoms with Crippen LogP contribution >= 0.6 is 0 Å². The normalized spacial score (nSPS) is 16.2. The van der Waals surface area contributed by atoms with Gasteiger partial charge in [0.2, 0.25) is 0 Å². The minimum atomic E-state index is -0.422. The van der Waals surface area contributed by atoms with Gasteiger partial charge in [0.05, 0.1) is 11.1 Å². The zero-order chi connectivity index (χ0) is 11.7. The molecule has 1 aromatic carbocycles. The Kier molecular flexibility index (Phi) is 2.58. The van der Waals surface area contributed by atoms with Crippen LogP contribution in [-0.4, -0.2) is 23.0 Å². The lowest BCUT2D eigenvalue weighted by Crippen LogP contribution is -2.32. The van der Waals surface area contributed by atoms with Gasteiger partial charge in [0.25, 0.3) is 11.8 Å². The molecule has 0 saturated carbocycles. The highest BCUT2D eigenvalue weighted by Gasteiger charge is 2.37. The van der Waals surface area contributed by atoms with Crippen molar-refractivity contribution in [2.45, 2.75) is 13.0 Å². The number of benzene rings is 1. The Balaban J connectivity index is 2.31. The van der Waals surface area contributed by atoms with Gasteiger partial charge >= 0.3 is 0 Å². The molecule has 1 unspecified atom stereocenters. The fourth-order valence-corrected chi connectivity index (χ4v) is 1.47. The monoisotopic (exact) mass is 217 g/mol. The Bertz CT molecular complexity index is 432. The topological polar surface area (TPSA) is 46.6 Å². The summed E-state index contributed by atoms with van der Waals surface area (Å²) in [4.78, 5) is 28.8. The van der Waals surface area contributed by atoms with Crippen molar-refractivity contribution in [2.24, 2.45) is 0 Å². The number of hydroxylamine groups is 2. The van der Waals surface area contributed by atoms with E-state index in [0.717, 1.165) is 5.06 Å². The number of hydrogen-bond donors (Lipinski definition) is 0. The van der Waals surface area contributed by atoms with Crippen LogP contribution < -0.4 is 0 Å². The summed E-state index contributed by atoms with van der Waals surface area (Å²) < 4.78 is 0. The molecule has 0 fully saturated rings. The summed E-state index contributed by atoms with van der Waals surface area (Å²) in [5.74, 6) is -0.844. The lowest BCUT2D eigenvalue weighted by atomic mass is 10.1. The lowest BCUT2D eigenvalue weighted by molar-refractivity contribution is -0.111. The zero-order valence-corrected chi connectivity index (χ0v) is 8.84. The minimum absolute atomic E-state index is 0.378. The van der Waals surface area contributed by atoms with Crippen LogP contribution in [0.4, 0.5) is 0 Å². The number of imide groups is 1. The molecule has 0 N–H and O–H groups in total.